The number of rotatable bonds is 8. The lowest BCUT2D eigenvalue weighted by Gasteiger charge is -2.32. The predicted molar refractivity (Wildman–Crippen MR) is 136 cm³/mol. The van der Waals surface area contributed by atoms with Crippen LogP contribution in [0.15, 0.2) is 78.9 Å². The smallest absolute Gasteiger partial charge is 0.232 e. The maximum absolute atomic E-state index is 13.7. The van der Waals surface area contributed by atoms with Gasteiger partial charge in [-0.1, -0.05) is 54.6 Å². The molecule has 2 fully saturated rings. The second kappa shape index (κ2) is 9.04. The molecule has 1 atom stereocenters. The molecule has 0 saturated carbocycles. The quantitative estimate of drug-likeness (QED) is 0.475. The molecule has 35 heavy (non-hydrogen) atoms. The summed E-state index contributed by atoms with van der Waals surface area (Å²) in [6, 6.07) is 23.5. The van der Waals surface area contributed by atoms with Crippen molar-refractivity contribution >= 4 is 15.7 Å². The highest BCUT2D eigenvalue weighted by molar-refractivity contribution is 7.92. The molecule has 2 aliphatic heterocycles. The van der Waals surface area contributed by atoms with Crippen molar-refractivity contribution < 1.29 is 17.9 Å². The van der Waals surface area contributed by atoms with E-state index in [2.05, 4.69) is 5.32 Å². The zero-order valence-electron chi connectivity index (χ0n) is 19.8. The maximum atomic E-state index is 13.7. The van der Waals surface area contributed by atoms with Gasteiger partial charge in [-0.15, -0.1) is 0 Å². The molecule has 0 spiro atoms. The molecule has 7 heteroatoms. The number of aliphatic hydroxyl groups is 1. The Balaban J connectivity index is 1.31. The first kappa shape index (κ1) is 24.0. The highest BCUT2D eigenvalue weighted by Gasteiger charge is 2.56. The molecular weight excluding hydrogens is 463 g/mol. The van der Waals surface area contributed by atoms with E-state index in [1.165, 1.54) is 22.7 Å². The Labute approximate surface area is 206 Å². The molecule has 2 N–H and O–H groups in total. The van der Waals surface area contributed by atoms with Crippen LogP contribution in [0.2, 0.25) is 0 Å². The summed E-state index contributed by atoms with van der Waals surface area (Å²) in [5.74, 6) is -0.337. The SMILES string of the molecule is CS(=O)(=O)N(Cc1ccccc1)c1ccc(CC23CCC([C@H](O)c4cccc(F)c4)(CC2)N3)cc1. The van der Waals surface area contributed by atoms with Crippen LogP contribution in [0, 0.1) is 5.82 Å². The van der Waals surface area contributed by atoms with Gasteiger partial charge in [0.25, 0.3) is 0 Å². The van der Waals surface area contributed by atoms with Gasteiger partial charge in [-0.2, -0.15) is 0 Å². The van der Waals surface area contributed by atoms with Crippen molar-refractivity contribution in [3.8, 4) is 0 Å². The molecule has 2 heterocycles. The monoisotopic (exact) mass is 494 g/mol. The highest BCUT2D eigenvalue weighted by atomic mass is 32.2. The first-order valence-corrected chi connectivity index (χ1v) is 13.9. The Bertz CT molecular complexity index is 1290. The number of nitrogens with one attached hydrogen (secondary N) is 1. The molecule has 5 rings (SSSR count). The summed E-state index contributed by atoms with van der Waals surface area (Å²) in [6.07, 6.45) is 4.81. The summed E-state index contributed by atoms with van der Waals surface area (Å²) in [4.78, 5) is 0. The van der Waals surface area contributed by atoms with Crippen molar-refractivity contribution in [2.75, 3.05) is 10.6 Å². The molecule has 2 aliphatic rings. The fourth-order valence-corrected chi connectivity index (χ4v) is 6.72. The van der Waals surface area contributed by atoms with E-state index in [1.807, 2.05) is 54.6 Å². The number of benzene rings is 3. The predicted octanol–water partition coefficient (Wildman–Crippen LogP) is 4.72. The molecule has 0 unspecified atom stereocenters. The van der Waals surface area contributed by atoms with Crippen LogP contribution in [0.25, 0.3) is 0 Å². The van der Waals surface area contributed by atoms with Crippen molar-refractivity contribution in [1.82, 2.24) is 5.32 Å². The van der Waals surface area contributed by atoms with Crippen molar-refractivity contribution in [2.24, 2.45) is 0 Å². The summed E-state index contributed by atoms with van der Waals surface area (Å²) < 4.78 is 40.2. The largest absolute Gasteiger partial charge is 0.386 e. The Kier molecular flexibility index (Phi) is 6.20. The van der Waals surface area contributed by atoms with Gasteiger partial charge in [0.05, 0.1) is 24.6 Å². The average molecular weight is 495 g/mol. The van der Waals surface area contributed by atoms with Gasteiger partial charge >= 0.3 is 0 Å². The molecule has 2 bridgehead atoms. The van der Waals surface area contributed by atoms with Crippen LogP contribution in [-0.2, 0) is 23.0 Å². The summed E-state index contributed by atoms with van der Waals surface area (Å²) >= 11 is 0. The standard InChI is InChI=1S/C28H31FN2O3S/c1-35(33,34)31(20-22-6-3-2-4-7-22)25-12-10-21(11-13-25)19-27-14-16-28(30-27,17-15-27)26(32)23-8-5-9-24(29)18-23/h2-13,18,26,30,32H,14-17,19-20H2,1H3/t26-,27?,28?/m1/s1. The second-order valence-corrected chi connectivity index (χ2v) is 12.0. The second-order valence-electron chi connectivity index (χ2n) is 10.1. The van der Waals surface area contributed by atoms with Gasteiger partial charge in [0, 0.05) is 11.1 Å². The number of hydrogen-bond donors (Lipinski definition) is 2. The molecule has 2 saturated heterocycles. The maximum Gasteiger partial charge on any atom is 0.232 e. The Hall–Kier alpha value is -2.74. The third-order valence-electron chi connectivity index (χ3n) is 7.64. The average Bonchev–Trinajstić information content (AvgIpc) is 3.40. The van der Waals surface area contributed by atoms with Gasteiger partial charge < -0.3 is 10.4 Å². The van der Waals surface area contributed by atoms with Gasteiger partial charge in [0.15, 0.2) is 0 Å². The van der Waals surface area contributed by atoms with E-state index in [-0.39, 0.29) is 17.9 Å². The molecule has 0 radical (unpaired) electrons. The minimum absolute atomic E-state index is 0.115. The lowest BCUT2D eigenvalue weighted by molar-refractivity contribution is 0.0734. The van der Waals surface area contributed by atoms with E-state index in [9.17, 15) is 17.9 Å². The number of anilines is 1. The Morgan fingerprint density at radius 2 is 1.63 bits per heavy atom. The van der Waals surface area contributed by atoms with E-state index >= 15 is 0 Å². The zero-order valence-corrected chi connectivity index (χ0v) is 20.6. The summed E-state index contributed by atoms with van der Waals surface area (Å²) in [5, 5.41) is 14.8. The third-order valence-corrected chi connectivity index (χ3v) is 8.78. The normalized spacial score (nSPS) is 24.4. The Morgan fingerprint density at radius 3 is 2.26 bits per heavy atom. The van der Waals surface area contributed by atoms with Gasteiger partial charge in [-0.3, -0.25) is 4.31 Å². The van der Waals surface area contributed by atoms with Crippen LogP contribution in [-0.4, -0.2) is 30.9 Å². The lowest BCUT2D eigenvalue weighted by Crippen LogP contribution is -2.47. The number of halogens is 1. The van der Waals surface area contributed by atoms with Crippen LogP contribution in [0.3, 0.4) is 0 Å². The van der Waals surface area contributed by atoms with Gasteiger partial charge in [-0.25, -0.2) is 12.8 Å². The molecule has 3 aromatic rings. The van der Waals surface area contributed by atoms with Gasteiger partial charge in [0.1, 0.15) is 5.82 Å². The first-order chi connectivity index (χ1) is 16.7. The van der Waals surface area contributed by atoms with E-state index in [0.717, 1.165) is 43.2 Å². The third kappa shape index (κ3) is 4.85. The highest BCUT2D eigenvalue weighted by Crippen LogP contribution is 2.51. The van der Waals surface area contributed by atoms with Gasteiger partial charge in [0.2, 0.25) is 10.0 Å². The minimum atomic E-state index is -3.44. The molecule has 5 nitrogen and oxygen atoms in total. The molecule has 0 aromatic heterocycles. The fraction of sp³-hybridized carbons (Fsp3) is 0.357. The van der Waals surface area contributed by atoms with Crippen LogP contribution in [0.1, 0.15) is 48.5 Å². The zero-order chi connectivity index (χ0) is 24.7. The van der Waals surface area contributed by atoms with Crippen LogP contribution < -0.4 is 9.62 Å². The minimum Gasteiger partial charge on any atom is -0.386 e. The van der Waals surface area contributed by atoms with Crippen molar-refractivity contribution in [3.63, 3.8) is 0 Å². The van der Waals surface area contributed by atoms with Crippen molar-refractivity contribution in [3.05, 3.63) is 101 Å². The van der Waals surface area contributed by atoms with E-state index in [4.69, 9.17) is 0 Å². The van der Waals surface area contributed by atoms with Crippen LogP contribution in [0.4, 0.5) is 10.1 Å². The van der Waals surface area contributed by atoms with Gasteiger partial charge in [-0.05, 0) is 73.1 Å². The number of sulfonamides is 1. The van der Waals surface area contributed by atoms with Crippen molar-refractivity contribution in [2.45, 2.75) is 55.8 Å². The lowest BCUT2D eigenvalue weighted by atomic mass is 9.76. The number of aliphatic hydroxyl groups excluding tert-OH is 1. The number of fused-ring (bicyclic) bond motifs is 2. The first-order valence-electron chi connectivity index (χ1n) is 12.0. The summed E-state index contributed by atoms with van der Waals surface area (Å²) in [7, 11) is -3.44. The topological polar surface area (TPSA) is 69.6 Å². The van der Waals surface area contributed by atoms with E-state index < -0.39 is 21.7 Å². The van der Waals surface area contributed by atoms with E-state index in [0.29, 0.717) is 11.3 Å². The molecule has 0 aliphatic carbocycles. The van der Waals surface area contributed by atoms with E-state index in [1.54, 1.807) is 12.1 Å². The molecule has 0 amide bonds. The number of nitrogens with zero attached hydrogens (tertiary/aromatic N) is 1. The molecule has 184 valence electrons. The molecule has 3 aromatic carbocycles. The fourth-order valence-electron chi connectivity index (χ4n) is 5.83. The summed E-state index contributed by atoms with van der Waals surface area (Å²) in [6.45, 7) is 0.283. The summed E-state index contributed by atoms with van der Waals surface area (Å²) in [5.41, 5.74) is 2.74. The van der Waals surface area contributed by atoms with Crippen LogP contribution in [0.5, 0.6) is 0 Å². The Morgan fingerprint density at radius 1 is 0.943 bits per heavy atom. The van der Waals surface area contributed by atoms with Crippen LogP contribution >= 0.6 is 0 Å². The van der Waals surface area contributed by atoms with Crippen molar-refractivity contribution in [1.29, 1.82) is 0 Å². The molecular formula is C28H31FN2O3S. The number of hydrogen-bond acceptors (Lipinski definition) is 4.